The first kappa shape index (κ1) is 18.4. The molecule has 0 atom stereocenters. The zero-order valence-corrected chi connectivity index (χ0v) is 16.5. The predicted octanol–water partition coefficient (Wildman–Crippen LogP) is 4.49. The lowest BCUT2D eigenvalue weighted by atomic mass is 9.96. The number of benzene rings is 2. The summed E-state index contributed by atoms with van der Waals surface area (Å²) in [4.78, 5) is 31.2. The molecule has 3 aromatic rings. The highest BCUT2D eigenvalue weighted by molar-refractivity contribution is 7.18. The van der Waals surface area contributed by atoms with Gasteiger partial charge in [0.1, 0.15) is 0 Å². The Hall–Kier alpha value is -2.93. The topological polar surface area (TPSA) is 74.3 Å². The Kier molecular flexibility index (Phi) is 5.25. The van der Waals surface area contributed by atoms with Crippen LogP contribution in [0.4, 0.5) is 16.2 Å². The van der Waals surface area contributed by atoms with Crippen LogP contribution in [0.3, 0.4) is 0 Å². The molecular weight excluding hydrogens is 372 g/mol. The van der Waals surface area contributed by atoms with Crippen molar-refractivity contribution in [2.45, 2.75) is 19.8 Å². The molecule has 0 spiro atoms. The number of nitrogens with zero attached hydrogens (tertiary/aromatic N) is 2. The second-order valence-electron chi connectivity index (χ2n) is 6.96. The van der Waals surface area contributed by atoms with Crippen molar-refractivity contribution in [1.29, 1.82) is 0 Å². The summed E-state index contributed by atoms with van der Waals surface area (Å²) in [5.74, 6) is -0.0663. The summed E-state index contributed by atoms with van der Waals surface area (Å²) in [5, 5.41) is 6.93. The highest BCUT2D eigenvalue weighted by Crippen LogP contribution is 2.26. The normalized spacial score (nSPS) is 14.8. The van der Waals surface area contributed by atoms with Gasteiger partial charge in [-0.25, -0.2) is 9.78 Å². The number of fused-ring (bicyclic) bond motifs is 1. The molecule has 2 N–H and O–H groups in total. The maximum atomic E-state index is 12.6. The van der Waals surface area contributed by atoms with Gasteiger partial charge in [-0.05, 0) is 50.1 Å². The minimum atomic E-state index is -0.115. The average Bonchev–Trinajstić information content (AvgIpc) is 3.08. The van der Waals surface area contributed by atoms with Crippen molar-refractivity contribution in [3.8, 4) is 0 Å². The predicted molar refractivity (Wildman–Crippen MR) is 113 cm³/mol. The fourth-order valence-corrected chi connectivity index (χ4v) is 4.30. The molecule has 0 saturated carbocycles. The quantitative estimate of drug-likeness (QED) is 0.687. The number of carbonyl (C=O) groups is 2. The van der Waals surface area contributed by atoms with Gasteiger partial charge in [0.15, 0.2) is 0 Å². The number of rotatable bonds is 3. The van der Waals surface area contributed by atoms with E-state index >= 15 is 0 Å². The van der Waals surface area contributed by atoms with E-state index in [1.807, 2.05) is 55.5 Å². The van der Waals surface area contributed by atoms with Gasteiger partial charge in [-0.1, -0.05) is 18.2 Å². The Balaban J connectivity index is 1.31. The summed E-state index contributed by atoms with van der Waals surface area (Å²) < 4.78 is 1.07. The van der Waals surface area contributed by atoms with E-state index in [9.17, 15) is 9.59 Å². The van der Waals surface area contributed by atoms with Gasteiger partial charge in [-0.15, -0.1) is 11.3 Å². The van der Waals surface area contributed by atoms with Crippen LogP contribution in [0, 0.1) is 12.8 Å². The second kappa shape index (κ2) is 7.98. The van der Waals surface area contributed by atoms with Gasteiger partial charge in [0.05, 0.1) is 15.2 Å². The fraction of sp³-hybridized carbons (Fsp3) is 0.286. The lowest BCUT2D eigenvalue weighted by molar-refractivity contribution is -0.121. The Morgan fingerprint density at radius 3 is 2.54 bits per heavy atom. The van der Waals surface area contributed by atoms with E-state index in [0.717, 1.165) is 26.6 Å². The number of urea groups is 1. The van der Waals surface area contributed by atoms with Gasteiger partial charge in [-0.2, -0.15) is 0 Å². The van der Waals surface area contributed by atoms with E-state index in [4.69, 9.17) is 0 Å². The van der Waals surface area contributed by atoms with Crippen molar-refractivity contribution in [3.05, 3.63) is 53.5 Å². The molecule has 2 aromatic carbocycles. The van der Waals surface area contributed by atoms with E-state index in [-0.39, 0.29) is 17.9 Å². The van der Waals surface area contributed by atoms with Crippen LogP contribution in [0.2, 0.25) is 0 Å². The molecule has 4 rings (SSSR count). The largest absolute Gasteiger partial charge is 0.326 e. The number of likely N-dealkylation sites (tertiary alicyclic amines) is 1. The molecule has 0 aliphatic carbocycles. The van der Waals surface area contributed by atoms with Crippen LogP contribution in [-0.4, -0.2) is 34.9 Å². The Labute approximate surface area is 167 Å². The highest BCUT2D eigenvalue weighted by Gasteiger charge is 2.27. The first-order chi connectivity index (χ1) is 13.6. The number of anilines is 2. The molecule has 1 aliphatic rings. The van der Waals surface area contributed by atoms with E-state index in [1.54, 1.807) is 16.2 Å². The summed E-state index contributed by atoms with van der Waals surface area (Å²) in [6.07, 6.45) is 1.33. The minimum Gasteiger partial charge on any atom is -0.326 e. The number of piperidine rings is 1. The van der Waals surface area contributed by atoms with Gasteiger partial charge in [0.2, 0.25) is 5.91 Å². The fourth-order valence-electron chi connectivity index (χ4n) is 3.43. The lowest BCUT2D eigenvalue weighted by Crippen LogP contribution is -2.43. The highest BCUT2D eigenvalue weighted by atomic mass is 32.1. The van der Waals surface area contributed by atoms with Crippen LogP contribution in [-0.2, 0) is 4.79 Å². The van der Waals surface area contributed by atoms with Crippen molar-refractivity contribution in [3.63, 3.8) is 0 Å². The summed E-state index contributed by atoms with van der Waals surface area (Å²) in [6, 6.07) is 15.1. The number of hydrogen-bond donors (Lipinski definition) is 2. The third-order valence-electron chi connectivity index (χ3n) is 4.94. The summed E-state index contributed by atoms with van der Waals surface area (Å²) in [6.45, 7) is 3.12. The van der Waals surface area contributed by atoms with Crippen LogP contribution < -0.4 is 10.6 Å². The molecule has 2 heterocycles. The van der Waals surface area contributed by atoms with Crippen molar-refractivity contribution in [2.24, 2.45) is 5.92 Å². The maximum absolute atomic E-state index is 12.6. The van der Waals surface area contributed by atoms with Gasteiger partial charge < -0.3 is 15.5 Å². The molecule has 0 unspecified atom stereocenters. The smallest absolute Gasteiger partial charge is 0.321 e. The third-order valence-corrected chi connectivity index (χ3v) is 5.87. The van der Waals surface area contributed by atoms with Crippen LogP contribution in [0.15, 0.2) is 48.5 Å². The molecule has 0 radical (unpaired) electrons. The van der Waals surface area contributed by atoms with Crippen molar-refractivity contribution >= 4 is 44.9 Å². The molecule has 144 valence electrons. The zero-order chi connectivity index (χ0) is 19.5. The van der Waals surface area contributed by atoms with E-state index in [1.165, 1.54) is 0 Å². The van der Waals surface area contributed by atoms with Crippen LogP contribution >= 0.6 is 11.3 Å². The van der Waals surface area contributed by atoms with E-state index < -0.39 is 0 Å². The molecule has 1 fully saturated rings. The number of amides is 3. The molecule has 1 aromatic heterocycles. The first-order valence-corrected chi connectivity index (χ1v) is 10.2. The Morgan fingerprint density at radius 1 is 1.04 bits per heavy atom. The lowest BCUT2D eigenvalue weighted by Gasteiger charge is -2.31. The van der Waals surface area contributed by atoms with Gasteiger partial charge >= 0.3 is 6.03 Å². The van der Waals surface area contributed by atoms with E-state index in [0.29, 0.717) is 25.9 Å². The molecule has 1 aliphatic heterocycles. The Bertz CT molecular complexity index is 994. The molecule has 6 nitrogen and oxygen atoms in total. The molecule has 3 amide bonds. The van der Waals surface area contributed by atoms with Crippen LogP contribution in [0.5, 0.6) is 0 Å². The van der Waals surface area contributed by atoms with Gasteiger partial charge in [0.25, 0.3) is 0 Å². The minimum absolute atomic E-state index is 0.0173. The molecule has 28 heavy (non-hydrogen) atoms. The standard InChI is InChI=1S/C21H22N4O2S/c1-14-22-18-8-7-17(13-19(18)28-14)23-20(26)15-9-11-25(12-10-15)21(27)24-16-5-3-2-4-6-16/h2-8,13,15H,9-12H2,1H3,(H,23,26)(H,24,27). The second-order valence-corrected chi connectivity index (χ2v) is 8.20. The van der Waals surface area contributed by atoms with Gasteiger partial charge in [-0.3, -0.25) is 4.79 Å². The SMILES string of the molecule is Cc1nc2ccc(NC(=O)C3CCN(C(=O)Nc4ccccc4)CC3)cc2s1. The monoisotopic (exact) mass is 394 g/mol. The maximum Gasteiger partial charge on any atom is 0.321 e. The van der Waals surface area contributed by atoms with E-state index in [2.05, 4.69) is 15.6 Å². The van der Waals surface area contributed by atoms with Crippen LogP contribution in [0.1, 0.15) is 17.8 Å². The molecule has 7 heteroatoms. The number of aromatic nitrogens is 1. The third kappa shape index (κ3) is 4.14. The van der Waals surface area contributed by atoms with Crippen molar-refractivity contribution in [1.82, 2.24) is 9.88 Å². The first-order valence-electron chi connectivity index (χ1n) is 9.37. The van der Waals surface area contributed by atoms with Crippen molar-refractivity contribution in [2.75, 3.05) is 23.7 Å². The number of carbonyl (C=O) groups excluding carboxylic acids is 2. The van der Waals surface area contributed by atoms with Crippen LogP contribution in [0.25, 0.3) is 10.2 Å². The van der Waals surface area contributed by atoms with Gasteiger partial charge in [0, 0.05) is 30.4 Å². The summed E-state index contributed by atoms with van der Waals surface area (Å²) >= 11 is 1.62. The summed E-state index contributed by atoms with van der Waals surface area (Å²) in [5.41, 5.74) is 2.53. The molecule has 0 bridgehead atoms. The number of aryl methyl sites for hydroxylation is 1. The number of hydrogen-bond acceptors (Lipinski definition) is 4. The number of thiazole rings is 1. The number of nitrogens with one attached hydrogen (secondary N) is 2. The number of para-hydroxylation sites is 1. The average molecular weight is 395 g/mol. The zero-order valence-electron chi connectivity index (χ0n) is 15.6. The summed E-state index contributed by atoms with van der Waals surface area (Å²) in [7, 11) is 0. The Morgan fingerprint density at radius 2 is 1.79 bits per heavy atom. The van der Waals surface area contributed by atoms with Crippen molar-refractivity contribution < 1.29 is 9.59 Å². The molecule has 1 saturated heterocycles. The molecular formula is C21H22N4O2S.